The molecule has 0 saturated carbocycles. The predicted octanol–water partition coefficient (Wildman–Crippen LogP) is 1.75. The van der Waals surface area contributed by atoms with Gasteiger partial charge in [0.1, 0.15) is 5.82 Å². The van der Waals surface area contributed by atoms with Crippen LogP contribution in [0, 0.1) is 5.92 Å². The first-order chi connectivity index (χ1) is 12.2. The molecule has 1 saturated heterocycles. The number of H-pyrrole nitrogens is 1. The van der Waals surface area contributed by atoms with Crippen LogP contribution in [0.15, 0.2) is 49.1 Å². The van der Waals surface area contributed by atoms with Crippen LogP contribution in [0.25, 0.3) is 11.4 Å². The first-order valence-electron chi connectivity index (χ1n) is 8.30. The van der Waals surface area contributed by atoms with Crippen LogP contribution >= 0.6 is 0 Å². The van der Waals surface area contributed by atoms with Gasteiger partial charge in [0.05, 0.1) is 12.1 Å². The second kappa shape index (κ2) is 6.52. The summed E-state index contributed by atoms with van der Waals surface area (Å²) in [4.78, 5) is 20.0. The zero-order valence-electron chi connectivity index (χ0n) is 13.9. The van der Waals surface area contributed by atoms with Crippen LogP contribution in [0.5, 0.6) is 0 Å². The van der Waals surface area contributed by atoms with Gasteiger partial charge in [0.25, 0.3) is 0 Å². The van der Waals surface area contributed by atoms with Gasteiger partial charge in [-0.15, -0.1) is 0 Å². The molecule has 0 bridgehead atoms. The van der Waals surface area contributed by atoms with Gasteiger partial charge in [-0.1, -0.05) is 0 Å². The van der Waals surface area contributed by atoms with E-state index in [1.165, 1.54) is 0 Å². The fourth-order valence-electron chi connectivity index (χ4n) is 3.31. The second-order valence-electron chi connectivity index (χ2n) is 6.32. The largest absolute Gasteiger partial charge is 0.345 e. The van der Waals surface area contributed by atoms with E-state index >= 15 is 0 Å². The SMILES string of the molecule is Cn1cc([C@H]2CNC[C@@H]2C(=O)Nc2ccc(-c3ncc[nH]3)cc2)cn1. The zero-order chi connectivity index (χ0) is 17.2. The average Bonchev–Trinajstić information content (AvgIpc) is 3.36. The molecule has 7 heteroatoms. The molecule has 1 aliphatic heterocycles. The maximum absolute atomic E-state index is 12.7. The Kier molecular flexibility index (Phi) is 4.07. The molecule has 3 heterocycles. The molecule has 3 N–H and O–H groups in total. The summed E-state index contributed by atoms with van der Waals surface area (Å²) >= 11 is 0. The lowest BCUT2D eigenvalue weighted by Crippen LogP contribution is -2.28. The Hall–Kier alpha value is -2.93. The third-order valence-electron chi connectivity index (χ3n) is 4.63. The Morgan fingerprint density at radius 1 is 1.28 bits per heavy atom. The molecule has 2 atom stereocenters. The lowest BCUT2D eigenvalue weighted by Gasteiger charge is -2.17. The molecule has 1 amide bonds. The Morgan fingerprint density at radius 3 is 2.80 bits per heavy atom. The van der Waals surface area contributed by atoms with Gasteiger partial charge in [0.15, 0.2) is 0 Å². The molecule has 0 aliphatic carbocycles. The highest BCUT2D eigenvalue weighted by atomic mass is 16.1. The average molecular weight is 336 g/mol. The Balaban J connectivity index is 1.46. The van der Waals surface area contributed by atoms with Crippen LogP contribution in [0.4, 0.5) is 5.69 Å². The number of imidazole rings is 1. The van der Waals surface area contributed by atoms with Crippen molar-refractivity contribution in [2.75, 3.05) is 18.4 Å². The summed E-state index contributed by atoms with van der Waals surface area (Å²) < 4.78 is 1.77. The summed E-state index contributed by atoms with van der Waals surface area (Å²) in [6.07, 6.45) is 7.33. The number of carbonyl (C=O) groups excluding carboxylic acids is 1. The lowest BCUT2D eigenvalue weighted by atomic mass is 9.90. The number of anilines is 1. The van der Waals surface area contributed by atoms with Crippen molar-refractivity contribution >= 4 is 11.6 Å². The van der Waals surface area contributed by atoms with E-state index in [-0.39, 0.29) is 17.7 Å². The fourth-order valence-corrected chi connectivity index (χ4v) is 3.31. The molecular weight excluding hydrogens is 316 g/mol. The van der Waals surface area contributed by atoms with Crippen molar-refractivity contribution in [3.05, 3.63) is 54.6 Å². The van der Waals surface area contributed by atoms with Gasteiger partial charge in [-0.2, -0.15) is 5.10 Å². The number of hydrogen-bond donors (Lipinski definition) is 3. The van der Waals surface area contributed by atoms with Crippen molar-refractivity contribution in [1.29, 1.82) is 0 Å². The topological polar surface area (TPSA) is 87.6 Å². The van der Waals surface area contributed by atoms with Gasteiger partial charge in [0, 0.05) is 55.9 Å². The number of aromatic nitrogens is 4. The molecule has 4 rings (SSSR count). The number of benzene rings is 1. The summed E-state index contributed by atoms with van der Waals surface area (Å²) in [6.45, 7) is 1.47. The molecule has 1 aliphatic rings. The molecule has 7 nitrogen and oxygen atoms in total. The summed E-state index contributed by atoms with van der Waals surface area (Å²) in [7, 11) is 1.89. The van der Waals surface area contributed by atoms with E-state index < -0.39 is 0 Å². The number of hydrogen-bond acceptors (Lipinski definition) is 4. The van der Waals surface area contributed by atoms with E-state index in [0.29, 0.717) is 6.54 Å². The first-order valence-corrected chi connectivity index (χ1v) is 8.30. The number of carbonyl (C=O) groups is 1. The Bertz CT molecular complexity index is 852. The number of amides is 1. The predicted molar refractivity (Wildman–Crippen MR) is 95.0 cm³/mol. The molecular formula is C18H20N6O. The monoisotopic (exact) mass is 336 g/mol. The molecule has 25 heavy (non-hydrogen) atoms. The van der Waals surface area contributed by atoms with Crippen molar-refractivity contribution in [1.82, 2.24) is 25.1 Å². The second-order valence-corrected chi connectivity index (χ2v) is 6.32. The highest BCUT2D eigenvalue weighted by Crippen LogP contribution is 2.29. The molecule has 0 spiro atoms. The maximum atomic E-state index is 12.7. The minimum absolute atomic E-state index is 0.0320. The molecule has 1 aromatic carbocycles. The minimum Gasteiger partial charge on any atom is -0.345 e. The minimum atomic E-state index is -0.103. The number of nitrogens with one attached hydrogen (secondary N) is 3. The van der Waals surface area contributed by atoms with E-state index in [1.54, 1.807) is 17.1 Å². The summed E-state index contributed by atoms with van der Waals surface area (Å²) in [6, 6.07) is 7.69. The van der Waals surface area contributed by atoms with Crippen molar-refractivity contribution in [2.45, 2.75) is 5.92 Å². The molecule has 128 valence electrons. The molecule has 2 aromatic heterocycles. The van der Waals surface area contributed by atoms with Crippen LogP contribution in [0.1, 0.15) is 11.5 Å². The van der Waals surface area contributed by atoms with E-state index in [9.17, 15) is 4.79 Å². The lowest BCUT2D eigenvalue weighted by molar-refractivity contribution is -0.119. The Labute approximate surface area is 145 Å². The van der Waals surface area contributed by atoms with Crippen LogP contribution < -0.4 is 10.6 Å². The van der Waals surface area contributed by atoms with Crippen LogP contribution in [-0.2, 0) is 11.8 Å². The summed E-state index contributed by atoms with van der Waals surface area (Å²) in [5.41, 5.74) is 2.87. The van der Waals surface area contributed by atoms with Crippen LogP contribution in [0.2, 0.25) is 0 Å². The van der Waals surface area contributed by atoms with Crippen molar-refractivity contribution in [3.8, 4) is 11.4 Å². The summed E-state index contributed by atoms with van der Waals surface area (Å²) in [5.74, 6) is 0.893. The number of rotatable bonds is 4. The molecule has 0 unspecified atom stereocenters. The van der Waals surface area contributed by atoms with Crippen molar-refractivity contribution in [3.63, 3.8) is 0 Å². The summed E-state index contributed by atoms with van der Waals surface area (Å²) in [5, 5.41) is 10.6. The van der Waals surface area contributed by atoms with Gasteiger partial charge >= 0.3 is 0 Å². The van der Waals surface area contributed by atoms with Crippen molar-refractivity contribution in [2.24, 2.45) is 13.0 Å². The molecule has 1 fully saturated rings. The van der Waals surface area contributed by atoms with Crippen LogP contribution in [0.3, 0.4) is 0 Å². The first kappa shape index (κ1) is 15.6. The number of aromatic amines is 1. The third kappa shape index (κ3) is 3.18. The number of aryl methyl sites for hydroxylation is 1. The van der Waals surface area contributed by atoms with Gasteiger partial charge in [0.2, 0.25) is 5.91 Å². The van der Waals surface area contributed by atoms with E-state index in [1.807, 2.05) is 43.7 Å². The molecule has 3 aromatic rings. The highest BCUT2D eigenvalue weighted by Gasteiger charge is 2.34. The van der Waals surface area contributed by atoms with E-state index in [4.69, 9.17) is 0 Å². The number of nitrogens with zero attached hydrogens (tertiary/aromatic N) is 3. The van der Waals surface area contributed by atoms with Gasteiger partial charge in [-0.25, -0.2) is 4.98 Å². The van der Waals surface area contributed by atoms with Crippen LogP contribution in [-0.4, -0.2) is 38.7 Å². The Morgan fingerprint density at radius 2 is 2.12 bits per heavy atom. The quantitative estimate of drug-likeness (QED) is 0.677. The van der Waals surface area contributed by atoms with Gasteiger partial charge in [-0.3, -0.25) is 9.48 Å². The van der Waals surface area contributed by atoms with E-state index in [2.05, 4.69) is 25.7 Å². The van der Waals surface area contributed by atoms with Gasteiger partial charge in [-0.05, 0) is 29.8 Å². The standard InChI is InChI=1S/C18H20N6O/c1-24-11-13(8-22-24)15-9-19-10-16(15)18(25)23-14-4-2-12(3-5-14)17-20-6-7-21-17/h2-8,11,15-16,19H,9-10H2,1H3,(H,20,21)(H,23,25)/t15-,16+/m1/s1. The van der Waals surface area contributed by atoms with Gasteiger partial charge < -0.3 is 15.6 Å². The highest BCUT2D eigenvalue weighted by molar-refractivity contribution is 5.93. The normalized spacial score (nSPS) is 19.9. The molecule has 0 radical (unpaired) electrons. The van der Waals surface area contributed by atoms with Crippen molar-refractivity contribution < 1.29 is 4.79 Å². The fraction of sp³-hybridized carbons (Fsp3) is 0.278. The zero-order valence-corrected chi connectivity index (χ0v) is 13.9. The third-order valence-corrected chi connectivity index (χ3v) is 4.63. The maximum Gasteiger partial charge on any atom is 0.229 e. The van der Waals surface area contributed by atoms with E-state index in [0.717, 1.165) is 29.2 Å². The smallest absolute Gasteiger partial charge is 0.229 e.